The lowest BCUT2D eigenvalue weighted by atomic mass is 9.97. The Kier molecular flexibility index (Phi) is 3.24. The van der Waals surface area contributed by atoms with E-state index in [0.29, 0.717) is 0 Å². The molecule has 0 N–H and O–H groups in total. The van der Waals surface area contributed by atoms with Crippen LogP contribution in [0, 0.1) is 0 Å². The van der Waals surface area contributed by atoms with Crippen LogP contribution in [0.5, 0.6) is 0 Å². The van der Waals surface area contributed by atoms with Crippen LogP contribution in [-0.4, -0.2) is 0 Å². The third-order valence-electron chi connectivity index (χ3n) is 3.32. The largest absolute Gasteiger partial charge is 0.0838 e. The molecule has 0 radical (unpaired) electrons. The summed E-state index contributed by atoms with van der Waals surface area (Å²) in [5, 5.41) is 2.62. The molecule has 1 aliphatic rings. The molecule has 0 fully saturated rings. The van der Waals surface area contributed by atoms with Crippen molar-refractivity contribution in [3.8, 4) is 0 Å². The highest BCUT2D eigenvalue weighted by atomic mass is 14.1. The molecule has 0 aliphatic heterocycles. The standard InChI is InChI=1S/C10H10.C10H8/c2*1-2-6-10-8-4-3-7-9(10)5-1/h1-6H,7-8H2;1-8H/i7D,8D;. The van der Waals surface area contributed by atoms with Crippen molar-refractivity contribution in [1.29, 1.82) is 0 Å². The zero-order valence-electron chi connectivity index (χ0n) is 13.2. The molecule has 0 spiro atoms. The molecule has 1 aliphatic carbocycles. The van der Waals surface area contributed by atoms with Crippen molar-refractivity contribution in [2.75, 3.05) is 0 Å². The number of hydrogen-bond donors (Lipinski definition) is 0. The van der Waals surface area contributed by atoms with E-state index in [4.69, 9.17) is 2.74 Å². The van der Waals surface area contributed by atoms with Crippen LogP contribution in [0.3, 0.4) is 0 Å². The maximum Gasteiger partial charge on any atom is 0.0359 e. The summed E-state index contributed by atoms with van der Waals surface area (Å²) in [5.41, 5.74) is 1.94. The van der Waals surface area contributed by atoms with Crippen LogP contribution in [-0.2, 0) is 12.8 Å². The average molecular weight is 260 g/mol. The lowest BCUT2D eigenvalue weighted by molar-refractivity contribution is 1.09. The molecule has 0 saturated heterocycles. The molecule has 0 saturated carbocycles. The lowest BCUT2D eigenvalue weighted by Crippen LogP contribution is -1.95. The van der Waals surface area contributed by atoms with Gasteiger partial charge in [0, 0.05) is 2.74 Å². The first-order valence-corrected chi connectivity index (χ1v) is 6.81. The zero-order chi connectivity index (χ0) is 15.4. The smallest absolute Gasteiger partial charge is 0.0359 e. The van der Waals surface area contributed by atoms with E-state index in [1.165, 1.54) is 10.8 Å². The Bertz CT molecular complexity index is 696. The number of allylic oxidation sites excluding steroid dienone is 2. The molecule has 0 amide bonds. The van der Waals surface area contributed by atoms with Crippen LogP contribution < -0.4 is 0 Å². The Labute approximate surface area is 123 Å². The quantitative estimate of drug-likeness (QED) is 0.488. The highest BCUT2D eigenvalue weighted by molar-refractivity contribution is 5.81. The maximum absolute atomic E-state index is 7.67. The minimum Gasteiger partial charge on any atom is -0.0838 e. The second-order valence-electron chi connectivity index (χ2n) is 4.69. The number of benzene rings is 3. The summed E-state index contributed by atoms with van der Waals surface area (Å²) in [6.07, 6.45) is 3.01. The minimum atomic E-state index is -0.275. The van der Waals surface area contributed by atoms with Gasteiger partial charge in [0.05, 0.1) is 0 Å². The van der Waals surface area contributed by atoms with Crippen molar-refractivity contribution in [2.45, 2.75) is 12.8 Å². The highest BCUT2D eigenvalue weighted by Crippen LogP contribution is 2.15. The summed E-state index contributed by atoms with van der Waals surface area (Å²) in [4.78, 5) is 0. The van der Waals surface area contributed by atoms with Crippen LogP contribution in [0.25, 0.3) is 10.8 Å². The Morgan fingerprint density at radius 3 is 1.30 bits per heavy atom. The van der Waals surface area contributed by atoms with Gasteiger partial charge in [-0.25, -0.2) is 0 Å². The van der Waals surface area contributed by atoms with Crippen molar-refractivity contribution in [3.05, 3.63) is 96.1 Å². The summed E-state index contributed by atoms with van der Waals surface area (Å²) in [6, 6.07) is 24.4. The van der Waals surface area contributed by atoms with E-state index in [0.717, 1.165) is 11.1 Å². The number of rotatable bonds is 0. The maximum atomic E-state index is 7.67. The molecule has 2 unspecified atom stereocenters. The van der Waals surface area contributed by atoms with Gasteiger partial charge in [0.15, 0.2) is 0 Å². The molecule has 98 valence electrons. The summed E-state index contributed by atoms with van der Waals surface area (Å²) in [7, 11) is 0. The molecule has 0 heteroatoms. The van der Waals surface area contributed by atoms with Crippen molar-refractivity contribution in [3.63, 3.8) is 0 Å². The second kappa shape index (κ2) is 6.21. The van der Waals surface area contributed by atoms with Gasteiger partial charge in [0.1, 0.15) is 0 Å². The first kappa shape index (κ1) is 10.4. The van der Waals surface area contributed by atoms with Crippen LogP contribution in [0.2, 0.25) is 0 Å². The first-order valence-electron chi connectivity index (χ1n) is 7.96. The third-order valence-corrected chi connectivity index (χ3v) is 3.32. The second-order valence-corrected chi connectivity index (χ2v) is 4.69. The van der Waals surface area contributed by atoms with Gasteiger partial charge < -0.3 is 0 Å². The van der Waals surface area contributed by atoms with E-state index in [-0.39, 0.29) is 12.8 Å². The molecule has 4 rings (SSSR count). The third kappa shape index (κ3) is 2.97. The average Bonchev–Trinajstić information content (AvgIpc) is 2.59. The van der Waals surface area contributed by atoms with Gasteiger partial charge in [-0.3, -0.25) is 0 Å². The van der Waals surface area contributed by atoms with Crippen molar-refractivity contribution < 1.29 is 2.74 Å². The summed E-state index contributed by atoms with van der Waals surface area (Å²) in [5.74, 6) is 0. The van der Waals surface area contributed by atoms with E-state index in [1.54, 1.807) is 12.2 Å². The monoisotopic (exact) mass is 260 g/mol. The highest BCUT2D eigenvalue weighted by Gasteiger charge is 2.00. The fourth-order valence-corrected chi connectivity index (χ4v) is 2.27. The van der Waals surface area contributed by atoms with Gasteiger partial charge in [-0.15, -0.1) is 0 Å². The molecular weight excluding hydrogens is 240 g/mol. The Morgan fingerprint density at radius 2 is 0.900 bits per heavy atom. The molecule has 3 aromatic carbocycles. The molecule has 0 bridgehead atoms. The van der Waals surface area contributed by atoms with Crippen LogP contribution >= 0.6 is 0 Å². The molecule has 3 aromatic rings. The van der Waals surface area contributed by atoms with Crippen molar-refractivity contribution in [1.82, 2.24) is 0 Å². The molecule has 20 heavy (non-hydrogen) atoms. The first-order chi connectivity index (χ1) is 10.8. The lowest BCUT2D eigenvalue weighted by Gasteiger charge is -2.08. The van der Waals surface area contributed by atoms with E-state index in [2.05, 4.69) is 48.5 Å². The van der Waals surface area contributed by atoms with Gasteiger partial charge >= 0.3 is 0 Å². The normalized spacial score (nSPS) is 21.2. The number of hydrogen-bond acceptors (Lipinski definition) is 0. The number of fused-ring (bicyclic) bond motifs is 2. The fourth-order valence-electron chi connectivity index (χ4n) is 2.27. The van der Waals surface area contributed by atoms with Gasteiger partial charge in [-0.05, 0) is 34.7 Å². The summed E-state index contributed by atoms with van der Waals surface area (Å²) < 4.78 is 15.3. The Hall–Kier alpha value is -2.34. The van der Waals surface area contributed by atoms with E-state index in [1.807, 2.05) is 24.3 Å². The molecule has 0 aromatic heterocycles. The van der Waals surface area contributed by atoms with Gasteiger partial charge in [0.25, 0.3) is 0 Å². The predicted octanol–water partition coefficient (Wildman–Crippen LogP) is 5.18. The van der Waals surface area contributed by atoms with E-state index >= 15 is 0 Å². The Morgan fingerprint density at radius 1 is 0.550 bits per heavy atom. The SMILES string of the molecule is [2H]C1C=CC([2H])c2ccccc21.c1ccc2ccccc2c1. The Balaban J connectivity index is 0.000000133. The molecule has 0 nitrogen and oxygen atoms in total. The van der Waals surface area contributed by atoms with E-state index in [9.17, 15) is 0 Å². The van der Waals surface area contributed by atoms with E-state index < -0.39 is 0 Å². The predicted molar refractivity (Wildman–Crippen MR) is 86.9 cm³/mol. The molecule has 2 atom stereocenters. The molecular formula is C20H18. The van der Waals surface area contributed by atoms with Crippen LogP contribution in [0.15, 0.2) is 84.9 Å². The fraction of sp³-hybridized carbons (Fsp3) is 0.100. The van der Waals surface area contributed by atoms with Crippen molar-refractivity contribution in [2.24, 2.45) is 0 Å². The van der Waals surface area contributed by atoms with Crippen LogP contribution in [0.4, 0.5) is 0 Å². The van der Waals surface area contributed by atoms with Gasteiger partial charge in [-0.2, -0.15) is 0 Å². The summed E-state index contributed by atoms with van der Waals surface area (Å²) >= 11 is 0. The van der Waals surface area contributed by atoms with Crippen LogP contribution in [0.1, 0.15) is 13.9 Å². The summed E-state index contributed by atoms with van der Waals surface area (Å²) in [6.45, 7) is 0. The van der Waals surface area contributed by atoms with Gasteiger partial charge in [0.2, 0.25) is 0 Å². The molecule has 0 heterocycles. The topological polar surface area (TPSA) is 0 Å². The van der Waals surface area contributed by atoms with Gasteiger partial charge in [-0.1, -0.05) is 84.9 Å². The minimum absolute atomic E-state index is 0.275. The van der Waals surface area contributed by atoms with Crippen molar-refractivity contribution >= 4 is 10.8 Å². The zero-order valence-corrected chi connectivity index (χ0v) is 11.2.